The van der Waals surface area contributed by atoms with Crippen molar-refractivity contribution in [3.05, 3.63) is 42.5 Å². The van der Waals surface area contributed by atoms with E-state index in [1.165, 1.54) is 12.1 Å². The summed E-state index contributed by atoms with van der Waals surface area (Å²) in [4.78, 5) is 0. The van der Waals surface area contributed by atoms with Crippen LogP contribution in [-0.4, -0.2) is 10.2 Å². The number of hydrogen-bond donors (Lipinski definition) is 2. The lowest BCUT2D eigenvalue weighted by Gasteiger charge is -1.96. The van der Waals surface area contributed by atoms with E-state index in [4.69, 9.17) is 4.42 Å². The third kappa shape index (κ3) is 1.26. The molecule has 0 aliphatic rings. The van der Waals surface area contributed by atoms with Crippen LogP contribution < -0.4 is 0 Å². The predicted octanol–water partition coefficient (Wildman–Crippen LogP) is 3.28. The predicted molar refractivity (Wildman–Crippen MR) is 61.5 cm³/mol. The second-order valence-corrected chi connectivity index (χ2v) is 3.66. The maximum Gasteiger partial charge on any atom is 0.368 e. The van der Waals surface area contributed by atoms with Gasteiger partial charge in [0.2, 0.25) is 0 Å². The second-order valence-electron chi connectivity index (χ2n) is 3.66. The van der Waals surface area contributed by atoms with Gasteiger partial charge in [0.05, 0.1) is 11.5 Å². The van der Waals surface area contributed by atoms with Gasteiger partial charge in [0.15, 0.2) is 0 Å². The molecule has 2 aromatic carbocycles. The van der Waals surface area contributed by atoms with Crippen molar-refractivity contribution >= 4 is 21.9 Å². The van der Waals surface area contributed by atoms with Crippen molar-refractivity contribution in [1.82, 2.24) is 0 Å². The highest BCUT2D eigenvalue weighted by atomic mass is 16.3. The molecule has 0 radical (unpaired) electrons. The number of hydrogen-bond acceptors (Lipinski definition) is 2. The van der Waals surface area contributed by atoms with Gasteiger partial charge in [-0.3, -0.25) is 0 Å². The first kappa shape index (κ1) is 8.97. The van der Waals surface area contributed by atoms with Gasteiger partial charge in [-0.2, -0.15) is 0 Å². The van der Waals surface area contributed by atoms with Crippen LogP contribution in [-0.2, 0) is 0 Å². The lowest BCUT2D eigenvalue weighted by atomic mass is 10.1. The average molecular weight is 213 g/mol. The van der Waals surface area contributed by atoms with Gasteiger partial charge in [0.1, 0.15) is 16.9 Å². The molecule has 3 rings (SSSR count). The molecular weight excluding hydrogens is 204 g/mol. The Kier molecular flexibility index (Phi) is 1.74. The van der Waals surface area contributed by atoms with E-state index in [0.717, 1.165) is 11.0 Å². The Bertz CT molecular complexity index is 689. The molecule has 3 heteroatoms. The van der Waals surface area contributed by atoms with E-state index < -0.39 is 0 Å². The van der Waals surface area contributed by atoms with Gasteiger partial charge in [-0.25, -0.2) is 4.42 Å². The molecule has 0 aliphatic heterocycles. The van der Waals surface area contributed by atoms with Crippen LogP contribution in [0.2, 0.25) is 0 Å². The summed E-state index contributed by atoms with van der Waals surface area (Å²) in [6.07, 6.45) is 0. The van der Waals surface area contributed by atoms with Crippen molar-refractivity contribution in [2.75, 3.05) is 0 Å². The fraction of sp³-hybridized carbons (Fsp3) is 0. The maximum atomic E-state index is 9.69. The molecule has 78 valence electrons. The fourth-order valence-electron chi connectivity index (χ4n) is 1.79. The van der Waals surface area contributed by atoms with Gasteiger partial charge in [0.25, 0.3) is 0 Å². The zero-order chi connectivity index (χ0) is 11.1. The minimum Gasteiger partial charge on any atom is -0.507 e. The molecule has 3 aromatic rings. The Morgan fingerprint density at radius 2 is 1.69 bits per heavy atom. The fourth-order valence-corrected chi connectivity index (χ4v) is 1.79. The smallest absolute Gasteiger partial charge is 0.368 e. The highest BCUT2D eigenvalue weighted by Crippen LogP contribution is 2.32. The summed E-state index contributed by atoms with van der Waals surface area (Å²) in [6, 6.07) is 12.2. The molecule has 1 aromatic heterocycles. The third-order valence-corrected chi connectivity index (χ3v) is 2.54. The Labute approximate surface area is 91.2 Å². The van der Waals surface area contributed by atoms with Crippen LogP contribution >= 0.6 is 0 Å². The molecule has 0 aliphatic carbocycles. The third-order valence-electron chi connectivity index (χ3n) is 2.54. The molecule has 2 N–H and O–H groups in total. The summed E-state index contributed by atoms with van der Waals surface area (Å²) < 4.78 is 5.59. The van der Waals surface area contributed by atoms with Gasteiger partial charge in [-0.15, -0.1) is 0 Å². The molecule has 0 atom stereocenters. The highest BCUT2D eigenvalue weighted by Gasteiger charge is 2.15. The Morgan fingerprint density at radius 3 is 2.56 bits per heavy atom. The number of phenols is 2. The zero-order valence-electron chi connectivity index (χ0n) is 8.34. The molecule has 0 amide bonds. The van der Waals surface area contributed by atoms with Gasteiger partial charge < -0.3 is 10.2 Å². The van der Waals surface area contributed by atoms with Crippen LogP contribution in [0.3, 0.4) is 0 Å². The summed E-state index contributed by atoms with van der Waals surface area (Å²) in [5.74, 6) is 0.00790. The minimum atomic E-state index is -0.0102. The minimum absolute atomic E-state index is 0.0102. The van der Waals surface area contributed by atoms with Crippen LogP contribution in [0.15, 0.2) is 46.9 Å². The molecule has 0 spiro atoms. The second kappa shape index (κ2) is 3.10. The lowest BCUT2D eigenvalue weighted by Crippen LogP contribution is -1.77. The molecule has 0 saturated heterocycles. The topological polar surface area (TPSA) is 51.8 Å². The lowest BCUT2D eigenvalue weighted by molar-refractivity contribution is 0.453. The van der Waals surface area contributed by atoms with E-state index in [-0.39, 0.29) is 11.5 Å². The SMILES string of the molecule is Oc1cc(O)c2cc3ccccc3[o+]c2c1. The van der Waals surface area contributed by atoms with Gasteiger partial charge >= 0.3 is 11.2 Å². The van der Waals surface area contributed by atoms with Crippen molar-refractivity contribution in [2.24, 2.45) is 0 Å². The van der Waals surface area contributed by atoms with Gasteiger partial charge in [-0.05, 0) is 12.1 Å². The molecule has 0 fully saturated rings. The molecule has 3 nitrogen and oxygen atoms in total. The molecule has 0 saturated carbocycles. The van der Waals surface area contributed by atoms with E-state index >= 15 is 0 Å². The summed E-state index contributed by atoms with van der Waals surface area (Å²) in [7, 11) is 0. The highest BCUT2D eigenvalue weighted by molar-refractivity contribution is 5.93. The van der Waals surface area contributed by atoms with Crippen LogP contribution in [0.4, 0.5) is 0 Å². The van der Waals surface area contributed by atoms with Crippen molar-refractivity contribution < 1.29 is 14.6 Å². The first-order valence-electron chi connectivity index (χ1n) is 4.91. The van der Waals surface area contributed by atoms with Crippen LogP contribution in [0, 0.1) is 0 Å². The molecule has 0 unspecified atom stereocenters. The zero-order valence-corrected chi connectivity index (χ0v) is 8.34. The van der Waals surface area contributed by atoms with Gasteiger partial charge in [-0.1, -0.05) is 12.1 Å². The Balaban J connectivity index is 2.51. The summed E-state index contributed by atoms with van der Waals surface area (Å²) in [5.41, 5.74) is 1.19. The van der Waals surface area contributed by atoms with Crippen molar-refractivity contribution in [2.45, 2.75) is 0 Å². The normalized spacial score (nSPS) is 11.0. The number of para-hydroxylation sites is 1. The number of fused-ring (bicyclic) bond motifs is 2. The van der Waals surface area contributed by atoms with Crippen molar-refractivity contribution in [3.63, 3.8) is 0 Å². The number of phenolic OH excluding ortho intramolecular Hbond substituents is 2. The largest absolute Gasteiger partial charge is 0.507 e. The number of benzene rings is 2. The summed E-state index contributed by atoms with van der Waals surface area (Å²) >= 11 is 0. The Morgan fingerprint density at radius 1 is 0.875 bits per heavy atom. The van der Waals surface area contributed by atoms with E-state index in [1.807, 2.05) is 30.3 Å². The Hall–Kier alpha value is -2.29. The van der Waals surface area contributed by atoms with Crippen molar-refractivity contribution in [1.29, 1.82) is 0 Å². The average Bonchev–Trinajstić information content (AvgIpc) is 2.27. The summed E-state index contributed by atoms with van der Waals surface area (Å²) in [5, 5.41) is 20.6. The van der Waals surface area contributed by atoms with Crippen LogP contribution in [0.25, 0.3) is 21.9 Å². The van der Waals surface area contributed by atoms with Crippen LogP contribution in [0.5, 0.6) is 11.5 Å². The molecular formula is C13H9O3+. The molecule has 0 bridgehead atoms. The van der Waals surface area contributed by atoms with Gasteiger partial charge in [0, 0.05) is 12.1 Å². The number of rotatable bonds is 0. The first-order valence-corrected chi connectivity index (χ1v) is 4.91. The van der Waals surface area contributed by atoms with E-state index in [2.05, 4.69) is 0 Å². The summed E-state index contributed by atoms with van der Waals surface area (Å²) in [6.45, 7) is 0. The quantitative estimate of drug-likeness (QED) is 0.445. The molecule has 16 heavy (non-hydrogen) atoms. The standard InChI is InChI=1S/C13H8O3/c14-9-6-11(15)10-5-8-3-1-2-4-12(8)16-13(10)7-9/h1-7H,(H-,14,15)/p+1. The molecule has 1 heterocycles. The van der Waals surface area contributed by atoms with Crippen LogP contribution in [0.1, 0.15) is 0 Å². The monoisotopic (exact) mass is 213 g/mol. The first-order chi connectivity index (χ1) is 7.74. The maximum absolute atomic E-state index is 9.69. The van der Waals surface area contributed by atoms with Crippen molar-refractivity contribution in [3.8, 4) is 11.5 Å². The van der Waals surface area contributed by atoms with E-state index in [9.17, 15) is 10.2 Å². The van der Waals surface area contributed by atoms with E-state index in [0.29, 0.717) is 11.0 Å². The van der Waals surface area contributed by atoms with E-state index in [1.54, 1.807) is 0 Å². The number of aromatic hydroxyl groups is 2.